The number of piperazine rings is 1. The van der Waals surface area contributed by atoms with E-state index in [1.807, 2.05) is 12.1 Å². The van der Waals surface area contributed by atoms with Crippen LogP contribution in [0.1, 0.15) is 12.5 Å². The van der Waals surface area contributed by atoms with E-state index in [4.69, 9.17) is 0 Å². The summed E-state index contributed by atoms with van der Waals surface area (Å²) in [4.78, 5) is 38.5. The first-order valence-corrected chi connectivity index (χ1v) is 9.92. The Morgan fingerprint density at radius 3 is 2.24 bits per heavy atom. The van der Waals surface area contributed by atoms with E-state index in [1.165, 1.54) is 19.1 Å². The number of halogens is 1. The van der Waals surface area contributed by atoms with Gasteiger partial charge in [-0.05, 0) is 29.3 Å². The summed E-state index contributed by atoms with van der Waals surface area (Å²) in [5.74, 6) is -0.176. The number of nitro benzene ring substituents is 1. The van der Waals surface area contributed by atoms with Crippen molar-refractivity contribution in [3.05, 3.63) is 68.7 Å². The van der Waals surface area contributed by atoms with Gasteiger partial charge in [0, 0.05) is 49.7 Å². The fourth-order valence-electron chi connectivity index (χ4n) is 3.29. The normalized spacial score (nSPS) is 14.3. The smallest absolute Gasteiger partial charge is 0.277 e. The van der Waals surface area contributed by atoms with E-state index in [-0.39, 0.29) is 17.5 Å². The second-order valence-electron chi connectivity index (χ2n) is 6.67. The van der Waals surface area contributed by atoms with E-state index in [9.17, 15) is 19.7 Å². The number of hydrogen-bond donors (Lipinski definition) is 0. The van der Waals surface area contributed by atoms with Gasteiger partial charge in [-0.1, -0.05) is 40.2 Å². The number of carbonyl (C=O) groups excluding carboxylic acids is 2. The van der Waals surface area contributed by atoms with Crippen molar-refractivity contribution in [3.63, 3.8) is 0 Å². The zero-order valence-electron chi connectivity index (χ0n) is 15.9. The predicted molar refractivity (Wildman–Crippen MR) is 114 cm³/mol. The van der Waals surface area contributed by atoms with E-state index in [1.54, 1.807) is 40.1 Å². The van der Waals surface area contributed by atoms with Crippen molar-refractivity contribution in [3.8, 4) is 11.1 Å². The van der Waals surface area contributed by atoms with Gasteiger partial charge in [-0.25, -0.2) is 0 Å². The van der Waals surface area contributed by atoms with Crippen LogP contribution in [0.5, 0.6) is 0 Å². The minimum Gasteiger partial charge on any atom is -0.339 e. The molecule has 1 aliphatic rings. The topological polar surface area (TPSA) is 83.8 Å². The average molecular weight is 458 g/mol. The van der Waals surface area contributed by atoms with Crippen LogP contribution in [0, 0.1) is 10.1 Å². The first-order valence-electron chi connectivity index (χ1n) is 9.12. The van der Waals surface area contributed by atoms with Crippen molar-refractivity contribution in [1.82, 2.24) is 9.80 Å². The van der Waals surface area contributed by atoms with Crippen LogP contribution in [0.2, 0.25) is 0 Å². The van der Waals surface area contributed by atoms with Gasteiger partial charge < -0.3 is 9.80 Å². The summed E-state index contributed by atoms with van der Waals surface area (Å²) in [5, 5.41) is 11.6. The van der Waals surface area contributed by atoms with Crippen molar-refractivity contribution in [2.75, 3.05) is 26.2 Å². The van der Waals surface area contributed by atoms with Gasteiger partial charge in [0.25, 0.3) is 5.69 Å². The van der Waals surface area contributed by atoms with Gasteiger partial charge in [0.2, 0.25) is 11.8 Å². The molecule has 2 amide bonds. The van der Waals surface area contributed by atoms with Gasteiger partial charge >= 0.3 is 0 Å². The summed E-state index contributed by atoms with van der Waals surface area (Å²) >= 11 is 3.37. The van der Waals surface area contributed by atoms with Crippen LogP contribution in [0.25, 0.3) is 17.2 Å². The lowest BCUT2D eigenvalue weighted by atomic mass is 9.97. The molecule has 7 nitrogen and oxygen atoms in total. The summed E-state index contributed by atoms with van der Waals surface area (Å²) in [5.41, 5.74) is 1.74. The molecule has 0 saturated carbocycles. The number of nitrogens with zero attached hydrogens (tertiary/aromatic N) is 3. The molecule has 1 fully saturated rings. The third-order valence-corrected chi connectivity index (χ3v) is 5.38. The zero-order valence-corrected chi connectivity index (χ0v) is 17.5. The van der Waals surface area contributed by atoms with Crippen LogP contribution >= 0.6 is 15.9 Å². The maximum absolute atomic E-state index is 12.6. The third-order valence-electron chi connectivity index (χ3n) is 4.85. The Bertz CT molecular complexity index is 964. The summed E-state index contributed by atoms with van der Waals surface area (Å²) in [7, 11) is 0. The van der Waals surface area contributed by atoms with E-state index in [0.717, 1.165) is 4.47 Å². The van der Waals surface area contributed by atoms with Gasteiger partial charge in [0.1, 0.15) is 0 Å². The Kier molecular flexibility index (Phi) is 6.43. The lowest BCUT2D eigenvalue weighted by Crippen LogP contribution is -2.49. The standard InChI is InChI=1S/C21H20BrN3O4/c1-15(26)23-11-13-24(14-12-23)20(27)10-7-16-3-2-4-19(25(28)29)21(16)17-5-8-18(22)9-6-17/h2-10H,11-14H2,1H3/b10-7+. The second-order valence-corrected chi connectivity index (χ2v) is 7.59. The van der Waals surface area contributed by atoms with Crippen LogP contribution < -0.4 is 0 Å². The molecule has 0 bridgehead atoms. The highest BCUT2D eigenvalue weighted by molar-refractivity contribution is 9.10. The molecule has 2 aromatic rings. The van der Waals surface area contributed by atoms with Gasteiger partial charge in [-0.2, -0.15) is 0 Å². The van der Waals surface area contributed by atoms with Gasteiger partial charge in [0.05, 0.1) is 10.5 Å². The first-order chi connectivity index (χ1) is 13.9. The number of amides is 2. The average Bonchev–Trinajstić information content (AvgIpc) is 2.72. The first kappa shape index (κ1) is 20.7. The highest BCUT2D eigenvalue weighted by Gasteiger charge is 2.22. The highest BCUT2D eigenvalue weighted by atomic mass is 79.9. The molecule has 8 heteroatoms. The van der Waals surface area contributed by atoms with E-state index in [0.29, 0.717) is 42.9 Å². The molecule has 0 spiro atoms. The van der Waals surface area contributed by atoms with E-state index < -0.39 is 4.92 Å². The van der Waals surface area contributed by atoms with Crippen LogP contribution in [0.4, 0.5) is 5.69 Å². The fraction of sp³-hybridized carbons (Fsp3) is 0.238. The Morgan fingerprint density at radius 2 is 1.66 bits per heavy atom. The van der Waals surface area contributed by atoms with E-state index >= 15 is 0 Å². The predicted octanol–water partition coefficient (Wildman–Crippen LogP) is 3.73. The molecule has 3 rings (SSSR count). The zero-order chi connectivity index (χ0) is 21.0. The Labute approximate surface area is 176 Å². The molecule has 0 aliphatic carbocycles. The SMILES string of the molecule is CC(=O)N1CCN(C(=O)/C=C/c2cccc([N+](=O)[O-])c2-c2ccc(Br)cc2)CC1. The monoisotopic (exact) mass is 457 g/mol. The molecule has 150 valence electrons. The maximum Gasteiger partial charge on any atom is 0.277 e. The number of rotatable bonds is 4. The van der Waals surface area contributed by atoms with E-state index in [2.05, 4.69) is 15.9 Å². The summed E-state index contributed by atoms with van der Waals surface area (Å²) < 4.78 is 0.872. The lowest BCUT2D eigenvalue weighted by molar-refractivity contribution is -0.384. The number of benzene rings is 2. The number of carbonyl (C=O) groups is 2. The van der Waals surface area contributed by atoms with Gasteiger partial charge in [-0.3, -0.25) is 19.7 Å². The molecular formula is C21H20BrN3O4. The Morgan fingerprint density at radius 1 is 1.03 bits per heavy atom. The molecule has 1 aliphatic heterocycles. The largest absolute Gasteiger partial charge is 0.339 e. The van der Waals surface area contributed by atoms with Crippen molar-refractivity contribution in [2.24, 2.45) is 0 Å². The highest BCUT2D eigenvalue weighted by Crippen LogP contribution is 2.34. The molecule has 29 heavy (non-hydrogen) atoms. The molecule has 0 aromatic heterocycles. The maximum atomic E-state index is 12.6. The Hall–Kier alpha value is -3.00. The van der Waals surface area contributed by atoms with Gasteiger partial charge in [-0.15, -0.1) is 0 Å². The van der Waals surface area contributed by atoms with Crippen molar-refractivity contribution in [1.29, 1.82) is 0 Å². The minimum absolute atomic E-state index is 0.00313. The van der Waals surface area contributed by atoms with Crippen LogP contribution in [0.3, 0.4) is 0 Å². The van der Waals surface area contributed by atoms with Crippen LogP contribution in [-0.2, 0) is 9.59 Å². The fourth-order valence-corrected chi connectivity index (χ4v) is 3.55. The minimum atomic E-state index is -0.419. The number of hydrogen-bond acceptors (Lipinski definition) is 4. The van der Waals surface area contributed by atoms with Crippen molar-refractivity contribution < 1.29 is 14.5 Å². The molecule has 1 saturated heterocycles. The Balaban J connectivity index is 1.86. The molecule has 0 radical (unpaired) electrons. The molecule has 1 heterocycles. The number of nitro groups is 1. The van der Waals surface area contributed by atoms with Crippen molar-refractivity contribution >= 4 is 39.5 Å². The quantitative estimate of drug-likeness (QED) is 0.397. The van der Waals surface area contributed by atoms with Crippen molar-refractivity contribution in [2.45, 2.75) is 6.92 Å². The summed E-state index contributed by atoms with van der Waals surface area (Å²) in [6.45, 7) is 3.48. The van der Waals surface area contributed by atoms with Gasteiger partial charge in [0.15, 0.2) is 0 Å². The molecular weight excluding hydrogens is 438 g/mol. The van der Waals surface area contributed by atoms with Crippen LogP contribution in [0.15, 0.2) is 53.0 Å². The summed E-state index contributed by atoms with van der Waals surface area (Å²) in [6.07, 6.45) is 3.05. The molecule has 0 atom stereocenters. The molecule has 0 unspecified atom stereocenters. The molecule has 0 N–H and O–H groups in total. The molecule has 2 aromatic carbocycles. The third kappa shape index (κ3) is 4.89. The summed E-state index contributed by atoms with van der Waals surface area (Å²) in [6, 6.07) is 12.0. The second kappa shape index (κ2) is 9.00. The lowest BCUT2D eigenvalue weighted by Gasteiger charge is -2.33. The van der Waals surface area contributed by atoms with Crippen LogP contribution in [-0.4, -0.2) is 52.7 Å².